The van der Waals surface area contributed by atoms with E-state index in [0.29, 0.717) is 11.8 Å². The minimum atomic E-state index is 0.459. The van der Waals surface area contributed by atoms with E-state index in [1.165, 1.54) is 11.4 Å². The van der Waals surface area contributed by atoms with Crippen LogP contribution in [0.15, 0.2) is 18.3 Å². The summed E-state index contributed by atoms with van der Waals surface area (Å²) in [7, 11) is 1.70. The zero-order valence-corrected chi connectivity index (χ0v) is 11.9. The Morgan fingerprint density at radius 3 is 2.56 bits per heavy atom. The van der Waals surface area contributed by atoms with Crippen molar-refractivity contribution in [3.63, 3.8) is 0 Å². The lowest BCUT2D eigenvalue weighted by Crippen LogP contribution is -2.02. The van der Waals surface area contributed by atoms with Gasteiger partial charge in [0.2, 0.25) is 0 Å². The number of pyridine rings is 1. The first-order chi connectivity index (χ1) is 8.54. The number of aromatic nitrogens is 2. The summed E-state index contributed by atoms with van der Waals surface area (Å²) in [5.74, 6) is 1.91. The third-order valence-corrected chi connectivity index (χ3v) is 3.10. The van der Waals surface area contributed by atoms with Gasteiger partial charge in [0.1, 0.15) is 0 Å². The van der Waals surface area contributed by atoms with Crippen LogP contribution in [-0.4, -0.2) is 16.5 Å². The molecule has 0 fully saturated rings. The fourth-order valence-corrected chi connectivity index (χ4v) is 2.42. The molecule has 0 saturated heterocycles. The summed E-state index contributed by atoms with van der Waals surface area (Å²) in [4.78, 5) is 4.78. The molecule has 0 spiro atoms. The molecule has 0 aromatic carbocycles. The van der Waals surface area contributed by atoms with E-state index in [0.717, 1.165) is 17.8 Å². The zero-order chi connectivity index (χ0) is 13.3. The Kier molecular flexibility index (Phi) is 3.60. The van der Waals surface area contributed by atoms with Gasteiger partial charge in [-0.15, -0.1) is 0 Å². The maximum atomic E-state index is 5.40. The molecular formula is C15H22N2O. The van der Waals surface area contributed by atoms with Crippen molar-refractivity contribution in [1.29, 1.82) is 0 Å². The second kappa shape index (κ2) is 5.01. The highest BCUT2D eigenvalue weighted by molar-refractivity contribution is 5.56. The summed E-state index contributed by atoms with van der Waals surface area (Å²) in [5, 5.41) is 0. The molecule has 0 radical (unpaired) electrons. The maximum Gasteiger partial charge on any atom is 0.180 e. The van der Waals surface area contributed by atoms with Gasteiger partial charge >= 0.3 is 0 Å². The molecule has 0 aliphatic rings. The zero-order valence-electron chi connectivity index (χ0n) is 11.9. The first-order valence-corrected chi connectivity index (χ1v) is 6.58. The van der Waals surface area contributed by atoms with Crippen LogP contribution in [0.4, 0.5) is 0 Å². The monoisotopic (exact) mass is 246 g/mol. The van der Waals surface area contributed by atoms with E-state index >= 15 is 0 Å². The lowest BCUT2D eigenvalue weighted by Gasteiger charge is -2.10. The van der Waals surface area contributed by atoms with Crippen molar-refractivity contribution in [2.45, 2.75) is 40.0 Å². The quantitative estimate of drug-likeness (QED) is 0.823. The highest BCUT2D eigenvalue weighted by atomic mass is 16.5. The van der Waals surface area contributed by atoms with Crippen LogP contribution < -0.4 is 4.74 Å². The Morgan fingerprint density at radius 1 is 1.28 bits per heavy atom. The van der Waals surface area contributed by atoms with Gasteiger partial charge in [0.25, 0.3) is 0 Å². The van der Waals surface area contributed by atoms with E-state index in [1.807, 2.05) is 12.1 Å². The highest BCUT2D eigenvalue weighted by Crippen LogP contribution is 2.27. The average Bonchev–Trinajstić information content (AvgIpc) is 2.65. The van der Waals surface area contributed by atoms with Crippen LogP contribution in [0.1, 0.15) is 45.0 Å². The summed E-state index contributed by atoms with van der Waals surface area (Å²) in [5.41, 5.74) is 3.43. The van der Waals surface area contributed by atoms with E-state index in [9.17, 15) is 0 Å². The number of rotatable bonds is 4. The lowest BCUT2D eigenvalue weighted by molar-refractivity contribution is 0.416. The summed E-state index contributed by atoms with van der Waals surface area (Å²) < 4.78 is 7.57. The Morgan fingerprint density at radius 2 is 2.00 bits per heavy atom. The van der Waals surface area contributed by atoms with Gasteiger partial charge in [0.05, 0.1) is 12.8 Å². The molecule has 2 aromatic heterocycles. The van der Waals surface area contributed by atoms with Crippen LogP contribution in [0.5, 0.6) is 5.75 Å². The van der Waals surface area contributed by atoms with Gasteiger partial charge < -0.3 is 9.14 Å². The Labute approximate surface area is 109 Å². The van der Waals surface area contributed by atoms with E-state index in [4.69, 9.17) is 9.72 Å². The standard InChI is InChI=1S/C15H22N2O/c1-10(2)9-12-14(11(3)4)17-8-6-7-13(18-5)15(17)16-12/h6-8,10-11H,9H2,1-5H3. The lowest BCUT2D eigenvalue weighted by atomic mass is 10.0. The number of fused-ring (bicyclic) bond motifs is 1. The van der Waals surface area contributed by atoms with Crippen LogP contribution in [-0.2, 0) is 6.42 Å². The molecule has 3 nitrogen and oxygen atoms in total. The number of ether oxygens (including phenoxy) is 1. The van der Waals surface area contributed by atoms with E-state index in [1.54, 1.807) is 7.11 Å². The predicted molar refractivity (Wildman–Crippen MR) is 74.4 cm³/mol. The summed E-state index contributed by atoms with van der Waals surface area (Å²) >= 11 is 0. The van der Waals surface area contributed by atoms with Crippen molar-refractivity contribution < 1.29 is 4.74 Å². The average molecular weight is 246 g/mol. The van der Waals surface area contributed by atoms with Gasteiger partial charge in [-0.1, -0.05) is 27.7 Å². The third-order valence-electron chi connectivity index (χ3n) is 3.10. The normalized spacial score (nSPS) is 11.7. The van der Waals surface area contributed by atoms with Crippen molar-refractivity contribution in [3.8, 4) is 5.75 Å². The number of nitrogens with zero attached hydrogens (tertiary/aromatic N) is 2. The molecule has 2 rings (SSSR count). The molecule has 2 aromatic rings. The molecule has 0 aliphatic heterocycles. The Hall–Kier alpha value is -1.51. The molecule has 0 aliphatic carbocycles. The van der Waals surface area contributed by atoms with Gasteiger partial charge in [-0.05, 0) is 30.4 Å². The Balaban J connectivity index is 2.66. The second-order valence-electron chi connectivity index (χ2n) is 5.47. The number of hydrogen-bond donors (Lipinski definition) is 0. The number of imidazole rings is 1. The molecule has 3 heteroatoms. The van der Waals surface area contributed by atoms with Crippen molar-refractivity contribution in [2.24, 2.45) is 5.92 Å². The summed E-state index contributed by atoms with van der Waals surface area (Å²) in [6.45, 7) is 8.89. The Bertz CT molecular complexity index is 541. The smallest absolute Gasteiger partial charge is 0.180 e. The van der Waals surface area contributed by atoms with Gasteiger partial charge in [-0.3, -0.25) is 0 Å². The molecule has 18 heavy (non-hydrogen) atoms. The molecule has 0 saturated carbocycles. The van der Waals surface area contributed by atoms with Crippen molar-refractivity contribution in [3.05, 3.63) is 29.7 Å². The first-order valence-electron chi connectivity index (χ1n) is 6.58. The fourth-order valence-electron chi connectivity index (χ4n) is 2.42. The van der Waals surface area contributed by atoms with Crippen LogP contribution >= 0.6 is 0 Å². The van der Waals surface area contributed by atoms with Crippen molar-refractivity contribution in [1.82, 2.24) is 9.38 Å². The topological polar surface area (TPSA) is 26.5 Å². The van der Waals surface area contributed by atoms with E-state index in [2.05, 4.69) is 38.3 Å². The van der Waals surface area contributed by atoms with Crippen LogP contribution in [0.25, 0.3) is 5.65 Å². The maximum absolute atomic E-state index is 5.40. The molecule has 0 atom stereocenters. The molecule has 0 amide bonds. The number of methoxy groups -OCH3 is 1. The number of hydrogen-bond acceptors (Lipinski definition) is 2. The molecule has 2 heterocycles. The second-order valence-corrected chi connectivity index (χ2v) is 5.47. The summed E-state index contributed by atoms with van der Waals surface area (Å²) in [6.07, 6.45) is 3.09. The minimum Gasteiger partial charge on any atom is -0.493 e. The molecule has 0 bridgehead atoms. The highest BCUT2D eigenvalue weighted by Gasteiger charge is 2.17. The molecule has 0 N–H and O–H groups in total. The van der Waals surface area contributed by atoms with Gasteiger partial charge in [0.15, 0.2) is 11.4 Å². The predicted octanol–water partition coefficient (Wildman–Crippen LogP) is 3.66. The van der Waals surface area contributed by atoms with Gasteiger partial charge in [-0.2, -0.15) is 0 Å². The van der Waals surface area contributed by atoms with E-state index < -0.39 is 0 Å². The third kappa shape index (κ3) is 2.22. The summed E-state index contributed by atoms with van der Waals surface area (Å²) in [6, 6.07) is 3.98. The van der Waals surface area contributed by atoms with E-state index in [-0.39, 0.29) is 0 Å². The first kappa shape index (κ1) is 12.9. The van der Waals surface area contributed by atoms with Crippen molar-refractivity contribution >= 4 is 5.65 Å². The molecule has 0 unspecified atom stereocenters. The molecule has 98 valence electrons. The van der Waals surface area contributed by atoms with Crippen molar-refractivity contribution in [2.75, 3.05) is 7.11 Å². The fraction of sp³-hybridized carbons (Fsp3) is 0.533. The minimum absolute atomic E-state index is 0.459. The molecular weight excluding hydrogens is 224 g/mol. The van der Waals surface area contributed by atoms with Gasteiger partial charge in [0, 0.05) is 11.9 Å². The van der Waals surface area contributed by atoms with Crippen LogP contribution in [0, 0.1) is 5.92 Å². The SMILES string of the molecule is COc1cccn2c(C(C)C)c(CC(C)C)nc12. The largest absolute Gasteiger partial charge is 0.493 e. The van der Waals surface area contributed by atoms with Crippen LogP contribution in [0.3, 0.4) is 0 Å². The van der Waals surface area contributed by atoms with Gasteiger partial charge in [-0.25, -0.2) is 4.98 Å². The van der Waals surface area contributed by atoms with Crippen LogP contribution in [0.2, 0.25) is 0 Å².